The highest BCUT2D eigenvalue weighted by molar-refractivity contribution is 8.01. The van der Waals surface area contributed by atoms with E-state index in [9.17, 15) is 4.79 Å². The molecule has 0 spiro atoms. The van der Waals surface area contributed by atoms with Crippen LogP contribution in [0.15, 0.2) is 28.0 Å². The molecule has 0 atom stereocenters. The molecule has 0 unspecified atom stereocenters. The number of hydrogen-bond acceptors (Lipinski definition) is 6. The van der Waals surface area contributed by atoms with Gasteiger partial charge in [-0.15, -0.1) is 10.2 Å². The fraction of sp³-hybridized carbons (Fsp3) is 0.250. The summed E-state index contributed by atoms with van der Waals surface area (Å²) in [5.41, 5.74) is 3.17. The molecule has 0 fully saturated rings. The van der Waals surface area contributed by atoms with Crippen LogP contribution in [0.1, 0.15) is 6.92 Å². The number of aromatic nitrogens is 2. The first-order valence-corrected chi connectivity index (χ1v) is 8.15. The number of benzene rings is 1. The molecule has 0 aliphatic rings. The topological polar surface area (TPSA) is 66.9 Å². The molecule has 5 nitrogen and oxygen atoms in total. The normalized spacial score (nSPS) is 10.3. The molecule has 1 aromatic heterocycles. The van der Waals surface area contributed by atoms with Crippen molar-refractivity contribution in [3.63, 3.8) is 0 Å². The lowest BCUT2D eigenvalue weighted by Crippen LogP contribution is -2.15. The van der Waals surface area contributed by atoms with Gasteiger partial charge in [-0.05, 0) is 25.1 Å². The van der Waals surface area contributed by atoms with Gasteiger partial charge in [-0.25, -0.2) is 0 Å². The summed E-state index contributed by atoms with van der Waals surface area (Å²) in [6.45, 7) is 2.76. The predicted molar refractivity (Wildman–Crippen MR) is 84.9 cm³/mol. The van der Waals surface area contributed by atoms with Crippen molar-refractivity contribution in [2.24, 2.45) is 0 Å². The molecule has 0 saturated carbocycles. The van der Waals surface area contributed by atoms with Gasteiger partial charge < -0.3 is 10.6 Å². The summed E-state index contributed by atoms with van der Waals surface area (Å²) in [5, 5.41) is 14.2. The van der Waals surface area contributed by atoms with Crippen LogP contribution in [-0.2, 0) is 4.79 Å². The van der Waals surface area contributed by atoms with E-state index in [1.54, 1.807) is 17.6 Å². The lowest BCUT2D eigenvalue weighted by Gasteiger charge is -2.12. The first-order valence-electron chi connectivity index (χ1n) is 5.91. The lowest BCUT2D eigenvalue weighted by molar-refractivity contribution is -0.113. The van der Waals surface area contributed by atoms with E-state index in [0.29, 0.717) is 10.7 Å². The number of hydrogen-bond donors (Lipinski definition) is 2. The van der Waals surface area contributed by atoms with Crippen LogP contribution in [0.3, 0.4) is 0 Å². The number of carbonyl (C=O) groups is 1. The number of amides is 1. The Labute approximate surface area is 130 Å². The number of rotatable bonds is 6. The van der Waals surface area contributed by atoms with Crippen LogP contribution in [0.25, 0.3) is 0 Å². The Morgan fingerprint density at radius 1 is 1.45 bits per heavy atom. The Morgan fingerprint density at radius 2 is 2.30 bits per heavy atom. The van der Waals surface area contributed by atoms with Crippen molar-refractivity contribution in [2.75, 3.05) is 22.9 Å². The first kappa shape index (κ1) is 15.1. The van der Waals surface area contributed by atoms with Crippen LogP contribution in [-0.4, -0.2) is 28.4 Å². The number of thioether (sulfide) groups is 1. The second-order valence-electron chi connectivity index (χ2n) is 3.76. The monoisotopic (exact) mass is 328 g/mol. The fourth-order valence-electron chi connectivity index (χ4n) is 1.50. The highest BCUT2D eigenvalue weighted by Crippen LogP contribution is 2.26. The van der Waals surface area contributed by atoms with Crippen LogP contribution < -0.4 is 10.6 Å². The Kier molecular flexibility index (Phi) is 5.63. The largest absolute Gasteiger partial charge is 0.384 e. The van der Waals surface area contributed by atoms with Gasteiger partial charge >= 0.3 is 0 Å². The zero-order chi connectivity index (χ0) is 14.4. The molecule has 0 radical (unpaired) electrons. The Balaban J connectivity index is 1.97. The summed E-state index contributed by atoms with van der Waals surface area (Å²) in [7, 11) is 0. The van der Waals surface area contributed by atoms with Gasteiger partial charge in [-0.1, -0.05) is 34.7 Å². The van der Waals surface area contributed by atoms with Crippen LogP contribution in [0, 0.1) is 0 Å². The summed E-state index contributed by atoms with van der Waals surface area (Å²) in [5.74, 6) is 0.180. The number of nitrogens with one attached hydrogen (secondary N) is 2. The average molecular weight is 329 g/mol. The Bertz CT molecular complexity index is 577. The maximum atomic E-state index is 11.9. The lowest BCUT2D eigenvalue weighted by atomic mass is 10.2. The summed E-state index contributed by atoms with van der Waals surface area (Å²) in [4.78, 5) is 11.9. The third kappa shape index (κ3) is 4.36. The van der Waals surface area contributed by atoms with Crippen LogP contribution >= 0.6 is 34.7 Å². The molecule has 1 amide bonds. The summed E-state index contributed by atoms with van der Waals surface area (Å²) < 4.78 is 0.776. The molecule has 0 aliphatic carbocycles. The van der Waals surface area contributed by atoms with Crippen molar-refractivity contribution in [3.05, 3.63) is 28.7 Å². The van der Waals surface area contributed by atoms with Crippen LogP contribution in [0.2, 0.25) is 5.02 Å². The highest BCUT2D eigenvalue weighted by atomic mass is 35.5. The fourth-order valence-corrected chi connectivity index (χ4v) is 2.96. The molecule has 20 heavy (non-hydrogen) atoms. The zero-order valence-corrected chi connectivity index (χ0v) is 13.1. The van der Waals surface area contributed by atoms with Crippen molar-refractivity contribution in [1.82, 2.24) is 10.2 Å². The van der Waals surface area contributed by atoms with E-state index >= 15 is 0 Å². The summed E-state index contributed by atoms with van der Waals surface area (Å²) in [6, 6.07) is 5.36. The molecular weight excluding hydrogens is 316 g/mol. The van der Waals surface area contributed by atoms with E-state index in [2.05, 4.69) is 20.8 Å². The van der Waals surface area contributed by atoms with Crippen molar-refractivity contribution >= 4 is 52.0 Å². The number of carbonyl (C=O) groups excluding carboxylic acids is 1. The smallest absolute Gasteiger partial charge is 0.234 e. The predicted octanol–water partition coefficient (Wildman–Crippen LogP) is 3.35. The molecule has 1 heterocycles. The van der Waals surface area contributed by atoms with E-state index < -0.39 is 0 Å². The molecule has 2 aromatic rings. The van der Waals surface area contributed by atoms with Crippen molar-refractivity contribution < 1.29 is 4.79 Å². The van der Waals surface area contributed by atoms with Gasteiger partial charge in [-0.3, -0.25) is 4.79 Å². The first-order chi connectivity index (χ1) is 9.69. The van der Waals surface area contributed by atoms with Crippen molar-refractivity contribution in [3.8, 4) is 0 Å². The minimum absolute atomic E-state index is 0.105. The van der Waals surface area contributed by atoms with E-state index in [4.69, 9.17) is 11.6 Å². The molecule has 1 aromatic carbocycles. The molecule has 0 saturated heterocycles. The minimum Gasteiger partial charge on any atom is -0.384 e. The van der Waals surface area contributed by atoms with Gasteiger partial charge in [0, 0.05) is 11.6 Å². The number of anilines is 2. The third-order valence-corrected chi connectivity index (χ3v) is 4.39. The number of nitrogens with zero attached hydrogens (tertiary/aromatic N) is 2. The third-order valence-electron chi connectivity index (χ3n) is 2.29. The number of halogens is 1. The molecular formula is C12H13ClN4OS2. The highest BCUT2D eigenvalue weighted by Gasteiger charge is 2.09. The van der Waals surface area contributed by atoms with E-state index in [1.165, 1.54) is 23.1 Å². The Hall–Kier alpha value is -1.31. The Morgan fingerprint density at radius 3 is 3.00 bits per heavy atom. The molecule has 0 bridgehead atoms. The quantitative estimate of drug-likeness (QED) is 0.796. The second-order valence-corrected chi connectivity index (χ2v) is 6.25. The molecule has 0 aliphatic heterocycles. The second kappa shape index (κ2) is 7.47. The maximum Gasteiger partial charge on any atom is 0.234 e. The van der Waals surface area contributed by atoms with Gasteiger partial charge in [0.1, 0.15) is 5.51 Å². The summed E-state index contributed by atoms with van der Waals surface area (Å²) >= 11 is 8.73. The van der Waals surface area contributed by atoms with Gasteiger partial charge in [0.25, 0.3) is 0 Å². The minimum atomic E-state index is -0.105. The average Bonchev–Trinajstić information content (AvgIpc) is 2.93. The van der Waals surface area contributed by atoms with Crippen LogP contribution in [0.4, 0.5) is 11.4 Å². The van der Waals surface area contributed by atoms with Gasteiger partial charge in [0.2, 0.25) is 5.91 Å². The molecule has 106 valence electrons. The van der Waals surface area contributed by atoms with E-state index in [-0.39, 0.29) is 11.7 Å². The standard InChI is InChI=1S/C12H13ClN4OS2/c1-2-14-9-4-3-8(13)5-10(9)16-11(18)6-19-12-17-15-7-20-12/h3-5,7,14H,2,6H2,1H3,(H,16,18). The molecule has 8 heteroatoms. The van der Waals surface area contributed by atoms with Crippen molar-refractivity contribution in [2.45, 2.75) is 11.3 Å². The SMILES string of the molecule is CCNc1ccc(Cl)cc1NC(=O)CSc1nncs1. The van der Waals surface area contributed by atoms with Gasteiger partial charge in [-0.2, -0.15) is 0 Å². The molecule has 2 N–H and O–H groups in total. The van der Waals surface area contributed by atoms with Gasteiger partial charge in [0.15, 0.2) is 4.34 Å². The van der Waals surface area contributed by atoms with Crippen molar-refractivity contribution in [1.29, 1.82) is 0 Å². The maximum absolute atomic E-state index is 11.9. The van der Waals surface area contributed by atoms with E-state index in [0.717, 1.165) is 16.6 Å². The zero-order valence-electron chi connectivity index (χ0n) is 10.7. The van der Waals surface area contributed by atoms with Gasteiger partial charge in [0.05, 0.1) is 17.1 Å². The van der Waals surface area contributed by atoms with Crippen LogP contribution in [0.5, 0.6) is 0 Å². The molecule has 2 rings (SSSR count). The summed E-state index contributed by atoms with van der Waals surface area (Å²) in [6.07, 6.45) is 0. The van der Waals surface area contributed by atoms with E-state index in [1.807, 2.05) is 13.0 Å².